The van der Waals surface area contributed by atoms with E-state index >= 15 is 0 Å². The molecule has 1 atom stereocenters. The average molecular weight is 206 g/mol. The summed E-state index contributed by atoms with van der Waals surface area (Å²) in [5, 5.41) is 20.6. The van der Waals surface area contributed by atoms with E-state index in [0.717, 1.165) is 11.0 Å². The fourth-order valence-corrected chi connectivity index (χ4v) is 1.14. The van der Waals surface area contributed by atoms with E-state index < -0.39 is 16.1 Å². The number of aliphatic hydroxyl groups is 1. The van der Waals surface area contributed by atoms with Gasteiger partial charge < -0.3 is 5.11 Å². The molecule has 1 aromatic heterocycles. The lowest BCUT2D eigenvalue weighted by molar-refractivity contribution is 0.161. The minimum absolute atomic E-state index is 0.134. The largest absolute Gasteiger partial charge is 0.391 e. The predicted molar refractivity (Wildman–Crippen MR) is 43.1 cm³/mol. The molecule has 74 valence electrons. The minimum Gasteiger partial charge on any atom is -0.391 e. The van der Waals surface area contributed by atoms with Crippen molar-refractivity contribution in [2.45, 2.75) is 24.6 Å². The molecule has 0 saturated heterocycles. The maximum atomic E-state index is 10.7. The van der Waals surface area contributed by atoms with Gasteiger partial charge in [0, 0.05) is 0 Å². The molecule has 7 nitrogen and oxygen atoms in total. The van der Waals surface area contributed by atoms with Crippen LogP contribution in [0.2, 0.25) is 0 Å². The molecule has 1 rings (SSSR count). The summed E-state index contributed by atoms with van der Waals surface area (Å²) in [4.78, 5) is 1.07. The Balaban J connectivity index is 2.88. The van der Waals surface area contributed by atoms with E-state index in [0.29, 0.717) is 0 Å². The van der Waals surface area contributed by atoms with Crippen molar-refractivity contribution in [3.63, 3.8) is 0 Å². The summed E-state index contributed by atoms with van der Waals surface area (Å²) < 4.78 is 21.5. The molecule has 0 radical (unpaired) electrons. The van der Waals surface area contributed by atoms with E-state index in [9.17, 15) is 8.42 Å². The Morgan fingerprint density at radius 1 is 1.77 bits per heavy atom. The maximum Gasteiger partial charge on any atom is 0.259 e. The third-order valence-corrected chi connectivity index (χ3v) is 2.00. The Bertz CT molecular complexity index is 382. The zero-order valence-electron chi connectivity index (χ0n) is 6.95. The molecule has 0 fully saturated rings. The van der Waals surface area contributed by atoms with Gasteiger partial charge in [0.25, 0.3) is 10.0 Å². The molecule has 8 heteroatoms. The second-order valence-electron chi connectivity index (χ2n) is 2.63. The first-order valence-electron chi connectivity index (χ1n) is 3.50. The second kappa shape index (κ2) is 3.40. The van der Waals surface area contributed by atoms with E-state index in [2.05, 4.69) is 10.2 Å². The summed E-state index contributed by atoms with van der Waals surface area (Å²) in [5.41, 5.74) is 0. The highest BCUT2D eigenvalue weighted by molar-refractivity contribution is 7.89. The summed E-state index contributed by atoms with van der Waals surface area (Å²) in [6.45, 7) is 1.68. The van der Waals surface area contributed by atoms with Crippen LogP contribution >= 0.6 is 0 Å². The standard InChI is InChI=1S/C5H10N4O3S/c1-4(10)3-9-7-2-5(8-9)13(6,11)12/h2,4,10H,3H2,1H3,(H2,6,11,12). The average Bonchev–Trinajstić information content (AvgIpc) is 2.32. The van der Waals surface area contributed by atoms with Crippen LogP contribution in [0.15, 0.2) is 11.2 Å². The van der Waals surface area contributed by atoms with Crippen LogP contribution in [0, 0.1) is 0 Å². The number of rotatable bonds is 3. The highest BCUT2D eigenvalue weighted by Crippen LogP contribution is 1.98. The fraction of sp³-hybridized carbons (Fsp3) is 0.600. The molecule has 0 bridgehead atoms. The maximum absolute atomic E-state index is 10.7. The van der Waals surface area contributed by atoms with Crippen LogP contribution in [-0.2, 0) is 16.6 Å². The topological polar surface area (TPSA) is 111 Å². The van der Waals surface area contributed by atoms with Crippen molar-refractivity contribution in [1.82, 2.24) is 15.0 Å². The number of nitrogens with zero attached hydrogens (tertiary/aromatic N) is 3. The molecule has 0 amide bonds. The number of nitrogens with two attached hydrogens (primary N) is 1. The van der Waals surface area contributed by atoms with Gasteiger partial charge in [-0.3, -0.25) is 0 Å². The molecule has 13 heavy (non-hydrogen) atoms. The molecule has 0 aromatic carbocycles. The highest BCUT2D eigenvalue weighted by atomic mass is 32.2. The van der Waals surface area contributed by atoms with E-state index in [4.69, 9.17) is 10.2 Å². The van der Waals surface area contributed by atoms with Gasteiger partial charge in [-0.15, -0.1) is 5.10 Å². The molecule has 0 saturated carbocycles. The number of sulfonamides is 1. The number of aliphatic hydroxyl groups excluding tert-OH is 1. The van der Waals surface area contributed by atoms with Crippen LogP contribution in [0.5, 0.6) is 0 Å². The number of hydrogen-bond acceptors (Lipinski definition) is 5. The van der Waals surface area contributed by atoms with Gasteiger partial charge in [-0.25, -0.2) is 13.6 Å². The first-order valence-corrected chi connectivity index (χ1v) is 5.05. The Morgan fingerprint density at radius 3 is 2.77 bits per heavy atom. The van der Waals surface area contributed by atoms with Crippen molar-refractivity contribution in [2.75, 3.05) is 0 Å². The van der Waals surface area contributed by atoms with Gasteiger partial charge >= 0.3 is 0 Å². The number of aromatic nitrogens is 3. The Kier molecular flexibility index (Phi) is 2.64. The quantitative estimate of drug-likeness (QED) is 0.612. The van der Waals surface area contributed by atoms with Gasteiger partial charge in [-0.2, -0.15) is 9.90 Å². The van der Waals surface area contributed by atoms with E-state index in [1.165, 1.54) is 0 Å². The smallest absolute Gasteiger partial charge is 0.259 e. The lowest BCUT2D eigenvalue weighted by Crippen LogP contribution is -2.16. The summed E-state index contributed by atoms with van der Waals surface area (Å²) >= 11 is 0. The zero-order chi connectivity index (χ0) is 10.1. The SMILES string of the molecule is CC(O)Cn1ncc(S(N)(=O)=O)n1. The van der Waals surface area contributed by atoms with Gasteiger partial charge in [-0.1, -0.05) is 0 Å². The van der Waals surface area contributed by atoms with Crippen LogP contribution in [-0.4, -0.2) is 34.6 Å². The number of primary sulfonamides is 1. The molecule has 0 spiro atoms. The monoisotopic (exact) mass is 206 g/mol. The van der Waals surface area contributed by atoms with Crippen LogP contribution in [0.25, 0.3) is 0 Å². The Hall–Kier alpha value is -0.990. The first-order chi connectivity index (χ1) is 5.89. The van der Waals surface area contributed by atoms with Crippen molar-refractivity contribution in [3.8, 4) is 0 Å². The van der Waals surface area contributed by atoms with E-state index in [-0.39, 0.29) is 11.6 Å². The van der Waals surface area contributed by atoms with Gasteiger partial charge in [0.05, 0.1) is 18.8 Å². The Labute approximate surface area is 75.2 Å². The summed E-state index contributed by atoms with van der Waals surface area (Å²) in [5.74, 6) is 0. The van der Waals surface area contributed by atoms with Crippen LogP contribution in [0.1, 0.15) is 6.92 Å². The van der Waals surface area contributed by atoms with Crippen molar-refractivity contribution in [1.29, 1.82) is 0 Å². The normalized spacial score (nSPS) is 14.4. The molecule has 0 aliphatic carbocycles. The van der Waals surface area contributed by atoms with Crippen molar-refractivity contribution in [2.24, 2.45) is 5.14 Å². The minimum atomic E-state index is -3.79. The second-order valence-corrected chi connectivity index (χ2v) is 4.14. The highest BCUT2D eigenvalue weighted by Gasteiger charge is 2.12. The summed E-state index contributed by atoms with van der Waals surface area (Å²) in [6.07, 6.45) is 0.401. The molecule has 1 unspecified atom stereocenters. The first kappa shape index (κ1) is 10.1. The van der Waals surface area contributed by atoms with E-state index in [1.807, 2.05) is 0 Å². The molecule has 1 heterocycles. The third kappa shape index (κ3) is 2.76. The number of hydrogen-bond donors (Lipinski definition) is 2. The summed E-state index contributed by atoms with van der Waals surface area (Å²) in [7, 11) is -3.79. The van der Waals surface area contributed by atoms with Crippen molar-refractivity contribution < 1.29 is 13.5 Å². The van der Waals surface area contributed by atoms with Crippen LogP contribution < -0.4 is 5.14 Å². The van der Waals surface area contributed by atoms with Crippen molar-refractivity contribution in [3.05, 3.63) is 6.20 Å². The molecule has 3 N–H and O–H groups in total. The zero-order valence-corrected chi connectivity index (χ0v) is 7.77. The Morgan fingerprint density at radius 2 is 2.38 bits per heavy atom. The van der Waals surface area contributed by atoms with Gasteiger partial charge in [0.2, 0.25) is 5.03 Å². The summed E-state index contributed by atoms with van der Waals surface area (Å²) in [6, 6.07) is 0. The van der Waals surface area contributed by atoms with E-state index in [1.54, 1.807) is 6.92 Å². The lowest BCUT2D eigenvalue weighted by Gasteiger charge is -2.00. The molecular formula is C5H10N4O3S. The third-order valence-electron chi connectivity index (χ3n) is 1.23. The van der Waals surface area contributed by atoms with Crippen LogP contribution in [0.4, 0.5) is 0 Å². The van der Waals surface area contributed by atoms with Gasteiger partial charge in [0.15, 0.2) is 0 Å². The van der Waals surface area contributed by atoms with Gasteiger partial charge in [-0.05, 0) is 6.92 Å². The fourth-order valence-electron chi connectivity index (χ4n) is 0.736. The molecule has 0 aliphatic rings. The van der Waals surface area contributed by atoms with Gasteiger partial charge in [0.1, 0.15) is 0 Å². The molecular weight excluding hydrogens is 196 g/mol. The predicted octanol–water partition coefficient (Wildman–Crippen LogP) is -1.69. The van der Waals surface area contributed by atoms with Crippen LogP contribution in [0.3, 0.4) is 0 Å². The molecule has 1 aromatic rings. The van der Waals surface area contributed by atoms with Crippen molar-refractivity contribution >= 4 is 10.0 Å². The lowest BCUT2D eigenvalue weighted by atomic mass is 10.4. The molecule has 0 aliphatic heterocycles.